The average Bonchev–Trinajstić information content (AvgIpc) is 2.12. The molecule has 0 aliphatic carbocycles. The van der Waals surface area contributed by atoms with E-state index in [1.165, 1.54) is 4.90 Å². The van der Waals surface area contributed by atoms with Crippen LogP contribution in [0.3, 0.4) is 0 Å². The first-order chi connectivity index (χ1) is 6.88. The molecule has 0 aliphatic rings. The van der Waals surface area contributed by atoms with Crippen LogP contribution >= 0.6 is 0 Å². The first-order valence-electron chi connectivity index (χ1n) is 5.16. The van der Waals surface area contributed by atoms with E-state index in [2.05, 4.69) is 0 Å². The molecule has 0 rings (SSSR count). The van der Waals surface area contributed by atoms with Gasteiger partial charge in [-0.2, -0.15) is 0 Å². The van der Waals surface area contributed by atoms with E-state index in [0.717, 1.165) is 0 Å². The molecule has 0 aromatic carbocycles. The zero-order valence-corrected chi connectivity index (χ0v) is 9.69. The molecule has 0 aromatic rings. The second-order valence-electron chi connectivity index (χ2n) is 4.13. The number of nitrogens with two attached hydrogens (primary N) is 2. The maximum atomic E-state index is 11.8. The molecule has 4 N–H and O–H groups in total. The molecule has 0 aromatic heterocycles. The zero-order chi connectivity index (χ0) is 12.0. The number of hydrogen-bond acceptors (Lipinski definition) is 3. The summed E-state index contributed by atoms with van der Waals surface area (Å²) in [4.78, 5) is 24.0. The van der Waals surface area contributed by atoms with Crippen molar-refractivity contribution in [2.45, 2.75) is 33.2 Å². The van der Waals surface area contributed by atoms with E-state index in [1.54, 1.807) is 0 Å². The van der Waals surface area contributed by atoms with Crippen LogP contribution in [0.2, 0.25) is 0 Å². The topological polar surface area (TPSA) is 89.4 Å². The SMILES string of the molecule is CC(CN)CC(=O)N(CC(N)=O)C(C)C. The Kier molecular flexibility index (Phi) is 5.93. The summed E-state index contributed by atoms with van der Waals surface area (Å²) in [7, 11) is 0. The van der Waals surface area contributed by atoms with Crippen molar-refractivity contribution >= 4 is 11.8 Å². The van der Waals surface area contributed by atoms with Gasteiger partial charge in [-0.25, -0.2) is 0 Å². The lowest BCUT2D eigenvalue weighted by Crippen LogP contribution is -2.43. The summed E-state index contributed by atoms with van der Waals surface area (Å²) in [5, 5.41) is 0. The summed E-state index contributed by atoms with van der Waals surface area (Å²) in [5.74, 6) is -0.425. The van der Waals surface area contributed by atoms with Crippen molar-refractivity contribution in [3.8, 4) is 0 Å². The van der Waals surface area contributed by atoms with Crippen LogP contribution in [0.25, 0.3) is 0 Å². The normalized spacial score (nSPS) is 12.6. The lowest BCUT2D eigenvalue weighted by molar-refractivity contribution is -0.137. The predicted molar refractivity (Wildman–Crippen MR) is 58.9 cm³/mol. The third-order valence-electron chi connectivity index (χ3n) is 2.20. The van der Waals surface area contributed by atoms with E-state index >= 15 is 0 Å². The first kappa shape index (κ1) is 13.9. The largest absolute Gasteiger partial charge is 0.368 e. The third kappa shape index (κ3) is 5.37. The number of amides is 2. The van der Waals surface area contributed by atoms with Gasteiger partial charge in [0.25, 0.3) is 0 Å². The summed E-state index contributed by atoms with van der Waals surface area (Å²) >= 11 is 0. The van der Waals surface area contributed by atoms with Gasteiger partial charge in [-0.1, -0.05) is 6.92 Å². The van der Waals surface area contributed by atoms with Crippen LogP contribution in [0.4, 0.5) is 0 Å². The van der Waals surface area contributed by atoms with Gasteiger partial charge in [0.15, 0.2) is 0 Å². The highest BCUT2D eigenvalue weighted by Crippen LogP contribution is 2.07. The lowest BCUT2D eigenvalue weighted by atomic mass is 10.1. The van der Waals surface area contributed by atoms with Crippen LogP contribution in [0.1, 0.15) is 27.2 Å². The number of carbonyl (C=O) groups excluding carboxylic acids is 2. The van der Waals surface area contributed by atoms with Gasteiger partial charge in [-0.3, -0.25) is 9.59 Å². The van der Waals surface area contributed by atoms with Crippen molar-refractivity contribution in [1.82, 2.24) is 4.90 Å². The maximum Gasteiger partial charge on any atom is 0.237 e. The van der Waals surface area contributed by atoms with Crippen molar-refractivity contribution in [2.24, 2.45) is 17.4 Å². The molecule has 0 fully saturated rings. The predicted octanol–water partition coefficient (Wildman–Crippen LogP) is -0.306. The fourth-order valence-electron chi connectivity index (χ4n) is 1.23. The number of rotatable bonds is 6. The highest BCUT2D eigenvalue weighted by Gasteiger charge is 2.20. The molecule has 88 valence electrons. The van der Waals surface area contributed by atoms with Gasteiger partial charge in [-0.05, 0) is 26.3 Å². The Morgan fingerprint density at radius 1 is 1.27 bits per heavy atom. The molecule has 1 atom stereocenters. The van der Waals surface area contributed by atoms with Crippen molar-refractivity contribution in [3.63, 3.8) is 0 Å². The van der Waals surface area contributed by atoms with E-state index < -0.39 is 5.91 Å². The number of carbonyl (C=O) groups is 2. The minimum absolute atomic E-state index is 0.0185. The second kappa shape index (κ2) is 6.40. The lowest BCUT2D eigenvalue weighted by Gasteiger charge is -2.26. The number of primary amides is 1. The molecule has 0 saturated heterocycles. The van der Waals surface area contributed by atoms with Crippen LogP contribution in [0.15, 0.2) is 0 Å². The minimum Gasteiger partial charge on any atom is -0.368 e. The molecule has 2 amide bonds. The van der Waals surface area contributed by atoms with E-state index in [9.17, 15) is 9.59 Å². The zero-order valence-electron chi connectivity index (χ0n) is 9.69. The maximum absolute atomic E-state index is 11.8. The smallest absolute Gasteiger partial charge is 0.237 e. The van der Waals surface area contributed by atoms with Crippen LogP contribution < -0.4 is 11.5 Å². The number of hydrogen-bond donors (Lipinski definition) is 2. The Morgan fingerprint density at radius 2 is 1.80 bits per heavy atom. The second-order valence-corrected chi connectivity index (χ2v) is 4.13. The molecule has 0 spiro atoms. The Morgan fingerprint density at radius 3 is 2.13 bits per heavy atom. The van der Waals surface area contributed by atoms with Gasteiger partial charge in [0.05, 0.1) is 6.54 Å². The van der Waals surface area contributed by atoms with Crippen LogP contribution in [-0.2, 0) is 9.59 Å². The molecular formula is C10H21N3O2. The highest BCUT2D eigenvalue weighted by atomic mass is 16.2. The third-order valence-corrected chi connectivity index (χ3v) is 2.20. The van der Waals surface area contributed by atoms with Crippen LogP contribution in [-0.4, -0.2) is 35.8 Å². The molecule has 0 saturated carbocycles. The Bertz CT molecular complexity index is 229. The van der Waals surface area contributed by atoms with Crippen molar-refractivity contribution in [1.29, 1.82) is 0 Å². The van der Waals surface area contributed by atoms with Gasteiger partial charge < -0.3 is 16.4 Å². The quantitative estimate of drug-likeness (QED) is 0.637. The molecule has 0 bridgehead atoms. The summed E-state index contributed by atoms with van der Waals surface area (Å²) in [6.45, 7) is 6.06. The Balaban J connectivity index is 4.35. The van der Waals surface area contributed by atoms with Crippen LogP contribution in [0, 0.1) is 5.92 Å². The standard InChI is InChI=1S/C10H21N3O2/c1-7(2)13(6-9(12)14)10(15)4-8(3)5-11/h7-8H,4-6,11H2,1-3H3,(H2,12,14). The van der Waals surface area contributed by atoms with Gasteiger partial charge in [0.2, 0.25) is 11.8 Å². The van der Waals surface area contributed by atoms with E-state index in [4.69, 9.17) is 11.5 Å². The Hall–Kier alpha value is -1.10. The molecular weight excluding hydrogens is 194 g/mol. The highest BCUT2D eigenvalue weighted by molar-refractivity contribution is 5.84. The first-order valence-corrected chi connectivity index (χ1v) is 5.16. The molecule has 15 heavy (non-hydrogen) atoms. The molecule has 0 radical (unpaired) electrons. The van der Waals surface area contributed by atoms with Gasteiger partial charge in [-0.15, -0.1) is 0 Å². The minimum atomic E-state index is -0.488. The monoisotopic (exact) mass is 215 g/mol. The molecule has 1 unspecified atom stereocenters. The average molecular weight is 215 g/mol. The Labute approximate surface area is 90.8 Å². The van der Waals surface area contributed by atoms with Crippen molar-refractivity contribution in [2.75, 3.05) is 13.1 Å². The number of nitrogens with zero attached hydrogens (tertiary/aromatic N) is 1. The fourth-order valence-corrected chi connectivity index (χ4v) is 1.23. The summed E-state index contributed by atoms with van der Waals surface area (Å²) in [6, 6.07) is -0.0185. The summed E-state index contributed by atoms with van der Waals surface area (Å²) in [5.41, 5.74) is 10.5. The van der Waals surface area contributed by atoms with Gasteiger partial charge in [0, 0.05) is 12.5 Å². The van der Waals surface area contributed by atoms with Gasteiger partial charge >= 0.3 is 0 Å². The molecule has 0 aliphatic heterocycles. The van der Waals surface area contributed by atoms with Crippen molar-refractivity contribution in [3.05, 3.63) is 0 Å². The van der Waals surface area contributed by atoms with E-state index in [1.807, 2.05) is 20.8 Å². The van der Waals surface area contributed by atoms with Gasteiger partial charge in [0.1, 0.15) is 0 Å². The van der Waals surface area contributed by atoms with E-state index in [-0.39, 0.29) is 24.4 Å². The molecule has 5 nitrogen and oxygen atoms in total. The summed E-state index contributed by atoms with van der Waals surface area (Å²) in [6.07, 6.45) is 0.363. The van der Waals surface area contributed by atoms with E-state index in [0.29, 0.717) is 13.0 Å². The summed E-state index contributed by atoms with van der Waals surface area (Å²) < 4.78 is 0. The van der Waals surface area contributed by atoms with Crippen LogP contribution in [0.5, 0.6) is 0 Å². The fraction of sp³-hybridized carbons (Fsp3) is 0.800. The molecule has 5 heteroatoms. The van der Waals surface area contributed by atoms with Crippen molar-refractivity contribution < 1.29 is 9.59 Å². The molecule has 0 heterocycles.